The number of nitrogens with zero attached hydrogens (tertiary/aromatic N) is 6. The first-order valence-electron chi connectivity index (χ1n) is 11.3. The topological polar surface area (TPSA) is 94.3 Å². The van der Waals surface area contributed by atoms with Gasteiger partial charge in [-0.2, -0.15) is 5.10 Å². The second-order valence-corrected chi connectivity index (χ2v) is 7.99. The van der Waals surface area contributed by atoms with Crippen molar-refractivity contribution in [2.45, 2.75) is 59.0 Å². The van der Waals surface area contributed by atoms with Crippen LogP contribution in [0.4, 0.5) is 0 Å². The molecule has 0 aliphatic rings. The lowest BCUT2D eigenvalue weighted by Gasteiger charge is -2.08. The molecule has 0 radical (unpaired) electrons. The molecule has 0 fully saturated rings. The number of tetrazole rings is 1. The standard InChI is InChI=1S/C24H29N7O/c1-3-5-6-15-31-24(32)30(22(27-31)8-4-2)17-18-11-13-19(14-12-18)20-9-7-10-21(16-20)23-25-28-29-26-23/h7,9-14,16H,3-6,8,15,17H2,1-2H3,(H,25,26,28,29). The maximum atomic E-state index is 12.9. The van der Waals surface area contributed by atoms with Gasteiger partial charge in [-0.3, -0.25) is 4.57 Å². The first-order valence-corrected chi connectivity index (χ1v) is 11.3. The Hall–Kier alpha value is -3.55. The quantitative estimate of drug-likeness (QED) is 0.382. The summed E-state index contributed by atoms with van der Waals surface area (Å²) in [6, 6.07) is 16.4. The average molecular weight is 432 g/mol. The maximum Gasteiger partial charge on any atom is 0.346 e. The molecule has 0 unspecified atom stereocenters. The van der Waals surface area contributed by atoms with Crippen LogP contribution in [0.15, 0.2) is 53.3 Å². The van der Waals surface area contributed by atoms with Crippen LogP contribution >= 0.6 is 0 Å². The van der Waals surface area contributed by atoms with E-state index in [9.17, 15) is 4.79 Å². The summed E-state index contributed by atoms with van der Waals surface area (Å²) >= 11 is 0. The molecule has 0 amide bonds. The SMILES string of the molecule is CCCCCn1nc(CCC)n(Cc2ccc(-c3cccc(-c4nnn[nH]4)c3)cc2)c1=O. The minimum absolute atomic E-state index is 0.0120. The number of benzene rings is 2. The van der Waals surface area contributed by atoms with E-state index in [1.165, 1.54) is 0 Å². The molecule has 4 aromatic rings. The number of rotatable bonds is 10. The highest BCUT2D eigenvalue weighted by Gasteiger charge is 2.13. The molecule has 1 N–H and O–H groups in total. The Balaban J connectivity index is 1.54. The number of hydrogen-bond acceptors (Lipinski definition) is 5. The van der Waals surface area contributed by atoms with E-state index in [0.717, 1.165) is 60.2 Å². The molecule has 0 atom stereocenters. The number of unbranched alkanes of at least 4 members (excludes halogenated alkanes) is 2. The smallest absolute Gasteiger partial charge is 0.274 e. The molecule has 0 aliphatic carbocycles. The van der Waals surface area contributed by atoms with Gasteiger partial charge in [-0.25, -0.2) is 14.6 Å². The lowest BCUT2D eigenvalue weighted by molar-refractivity contribution is 0.529. The van der Waals surface area contributed by atoms with E-state index in [1.54, 1.807) is 4.68 Å². The van der Waals surface area contributed by atoms with E-state index < -0.39 is 0 Å². The van der Waals surface area contributed by atoms with Crippen molar-refractivity contribution in [2.24, 2.45) is 0 Å². The summed E-state index contributed by atoms with van der Waals surface area (Å²) in [6.45, 7) is 5.50. The van der Waals surface area contributed by atoms with Gasteiger partial charge in [0.15, 0.2) is 5.82 Å². The number of aromatic nitrogens is 7. The van der Waals surface area contributed by atoms with E-state index in [2.05, 4.69) is 76.0 Å². The van der Waals surface area contributed by atoms with Gasteiger partial charge in [-0.05, 0) is 46.0 Å². The van der Waals surface area contributed by atoms with Gasteiger partial charge in [0.25, 0.3) is 0 Å². The zero-order chi connectivity index (χ0) is 22.3. The molecule has 0 bridgehead atoms. The van der Waals surface area contributed by atoms with E-state index in [0.29, 0.717) is 18.9 Å². The number of hydrogen-bond donors (Lipinski definition) is 1. The van der Waals surface area contributed by atoms with Crippen molar-refractivity contribution in [2.75, 3.05) is 0 Å². The summed E-state index contributed by atoms with van der Waals surface area (Å²) in [4.78, 5) is 12.9. The van der Waals surface area contributed by atoms with Crippen LogP contribution in [0.2, 0.25) is 0 Å². The lowest BCUT2D eigenvalue weighted by atomic mass is 10.0. The molecular formula is C24H29N7O. The fourth-order valence-corrected chi connectivity index (χ4v) is 3.82. The van der Waals surface area contributed by atoms with Crippen LogP contribution in [0.5, 0.6) is 0 Å². The largest absolute Gasteiger partial charge is 0.346 e. The Kier molecular flexibility index (Phi) is 6.89. The fourth-order valence-electron chi connectivity index (χ4n) is 3.82. The minimum atomic E-state index is -0.0120. The van der Waals surface area contributed by atoms with Crippen molar-refractivity contribution < 1.29 is 0 Å². The fraction of sp³-hybridized carbons (Fsp3) is 0.375. The molecule has 2 heterocycles. The molecule has 2 aromatic heterocycles. The summed E-state index contributed by atoms with van der Waals surface area (Å²) < 4.78 is 3.46. The zero-order valence-corrected chi connectivity index (χ0v) is 18.7. The van der Waals surface area contributed by atoms with Gasteiger partial charge < -0.3 is 0 Å². The number of aryl methyl sites for hydroxylation is 2. The third-order valence-corrected chi connectivity index (χ3v) is 5.56. The monoisotopic (exact) mass is 431 g/mol. The van der Waals surface area contributed by atoms with Crippen LogP contribution in [0, 0.1) is 0 Å². The van der Waals surface area contributed by atoms with Gasteiger partial charge in [0.2, 0.25) is 0 Å². The van der Waals surface area contributed by atoms with Gasteiger partial charge in [0.1, 0.15) is 5.82 Å². The Labute approximate surface area is 187 Å². The van der Waals surface area contributed by atoms with Gasteiger partial charge >= 0.3 is 5.69 Å². The lowest BCUT2D eigenvalue weighted by Crippen LogP contribution is -2.26. The highest BCUT2D eigenvalue weighted by molar-refractivity contribution is 5.70. The number of H-pyrrole nitrogens is 1. The first kappa shape index (κ1) is 21.7. The van der Waals surface area contributed by atoms with Crippen molar-refractivity contribution in [3.8, 4) is 22.5 Å². The average Bonchev–Trinajstić information content (AvgIpc) is 3.45. The van der Waals surface area contributed by atoms with E-state index in [4.69, 9.17) is 0 Å². The first-order chi connectivity index (χ1) is 15.7. The normalized spacial score (nSPS) is 11.2. The highest BCUT2D eigenvalue weighted by Crippen LogP contribution is 2.24. The predicted octanol–water partition coefficient (Wildman–Crippen LogP) is 4.08. The van der Waals surface area contributed by atoms with Crippen molar-refractivity contribution in [1.29, 1.82) is 0 Å². The zero-order valence-electron chi connectivity index (χ0n) is 18.7. The molecule has 166 valence electrons. The van der Waals surface area contributed by atoms with Crippen molar-refractivity contribution in [3.63, 3.8) is 0 Å². The van der Waals surface area contributed by atoms with Crippen LogP contribution < -0.4 is 5.69 Å². The summed E-state index contributed by atoms with van der Waals surface area (Å²) in [6.07, 6.45) is 4.98. The van der Waals surface area contributed by atoms with Crippen LogP contribution in [-0.2, 0) is 19.5 Å². The third-order valence-electron chi connectivity index (χ3n) is 5.56. The molecule has 4 rings (SSSR count). The van der Waals surface area contributed by atoms with Crippen LogP contribution in [0.3, 0.4) is 0 Å². The van der Waals surface area contributed by atoms with Crippen molar-refractivity contribution in [3.05, 3.63) is 70.4 Å². The molecule has 0 saturated carbocycles. The third kappa shape index (κ3) is 4.85. The Morgan fingerprint density at radius 1 is 0.938 bits per heavy atom. The van der Waals surface area contributed by atoms with E-state index >= 15 is 0 Å². The van der Waals surface area contributed by atoms with Crippen LogP contribution in [0.1, 0.15) is 50.9 Å². The highest BCUT2D eigenvalue weighted by atomic mass is 16.2. The maximum absolute atomic E-state index is 12.9. The second-order valence-electron chi connectivity index (χ2n) is 7.99. The molecular weight excluding hydrogens is 402 g/mol. The molecule has 0 aliphatic heterocycles. The molecule has 32 heavy (non-hydrogen) atoms. The minimum Gasteiger partial charge on any atom is -0.274 e. The van der Waals surface area contributed by atoms with Gasteiger partial charge in [0, 0.05) is 18.5 Å². The number of nitrogens with one attached hydrogen (secondary N) is 1. The molecule has 8 nitrogen and oxygen atoms in total. The molecule has 2 aromatic carbocycles. The van der Waals surface area contributed by atoms with Crippen LogP contribution in [0.25, 0.3) is 22.5 Å². The summed E-state index contributed by atoms with van der Waals surface area (Å²) in [7, 11) is 0. The Morgan fingerprint density at radius 3 is 2.47 bits per heavy atom. The number of aromatic amines is 1. The summed E-state index contributed by atoms with van der Waals surface area (Å²) in [5.74, 6) is 1.51. The van der Waals surface area contributed by atoms with Crippen LogP contribution in [-0.4, -0.2) is 35.0 Å². The summed E-state index contributed by atoms with van der Waals surface area (Å²) in [5, 5.41) is 18.7. The molecule has 0 saturated heterocycles. The summed E-state index contributed by atoms with van der Waals surface area (Å²) in [5.41, 5.74) is 4.18. The van der Waals surface area contributed by atoms with Gasteiger partial charge in [0.05, 0.1) is 6.54 Å². The second kappa shape index (κ2) is 10.2. The Bertz CT molecular complexity index is 1190. The predicted molar refractivity (Wildman–Crippen MR) is 124 cm³/mol. The van der Waals surface area contributed by atoms with Crippen molar-refractivity contribution in [1.82, 2.24) is 35.0 Å². The van der Waals surface area contributed by atoms with E-state index in [-0.39, 0.29) is 5.69 Å². The Morgan fingerprint density at radius 2 is 1.75 bits per heavy atom. The van der Waals surface area contributed by atoms with Crippen molar-refractivity contribution >= 4 is 0 Å². The molecule has 8 heteroatoms. The van der Waals surface area contributed by atoms with Gasteiger partial charge in [-0.1, -0.05) is 69.2 Å². The van der Waals surface area contributed by atoms with E-state index in [1.807, 2.05) is 16.7 Å². The van der Waals surface area contributed by atoms with Gasteiger partial charge in [-0.15, -0.1) is 5.10 Å². The molecule has 0 spiro atoms.